The van der Waals surface area contributed by atoms with E-state index in [1.165, 1.54) is 11.1 Å². The highest BCUT2D eigenvalue weighted by atomic mass is 16.5. The van der Waals surface area contributed by atoms with Gasteiger partial charge in [-0.05, 0) is 55.3 Å². The van der Waals surface area contributed by atoms with Crippen LogP contribution in [0, 0.1) is 13.8 Å². The average Bonchev–Trinajstić information content (AvgIpc) is 3.05. The van der Waals surface area contributed by atoms with Gasteiger partial charge in [0.1, 0.15) is 17.2 Å². The van der Waals surface area contributed by atoms with Crippen molar-refractivity contribution in [2.75, 3.05) is 12.4 Å². The number of hydrogen-bond acceptors (Lipinski definition) is 5. The van der Waals surface area contributed by atoms with Gasteiger partial charge in [0.15, 0.2) is 0 Å². The van der Waals surface area contributed by atoms with E-state index in [1.54, 1.807) is 25.4 Å². The molecule has 2 aromatic heterocycles. The number of aromatic nitrogens is 3. The van der Waals surface area contributed by atoms with Crippen molar-refractivity contribution in [1.82, 2.24) is 19.9 Å². The molecule has 2 aromatic carbocycles. The van der Waals surface area contributed by atoms with Crippen LogP contribution in [0.5, 0.6) is 11.5 Å². The summed E-state index contributed by atoms with van der Waals surface area (Å²) in [6, 6.07) is 15.3. The van der Waals surface area contributed by atoms with Crippen molar-refractivity contribution >= 4 is 28.6 Å². The second kappa shape index (κ2) is 7.87. The van der Waals surface area contributed by atoms with Gasteiger partial charge < -0.3 is 19.9 Å². The molecule has 30 heavy (non-hydrogen) atoms. The number of hydrogen-bond donors (Lipinski definition) is 2. The van der Waals surface area contributed by atoms with Gasteiger partial charge in [-0.2, -0.15) is 0 Å². The third kappa shape index (κ3) is 3.82. The van der Waals surface area contributed by atoms with Gasteiger partial charge >= 0.3 is 0 Å². The summed E-state index contributed by atoms with van der Waals surface area (Å²) in [5, 5.41) is 5.94. The monoisotopic (exact) mass is 401 g/mol. The van der Waals surface area contributed by atoms with Crippen molar-refractivity contribution in [2.24, 2.45) is 7.05 Å². The van der Waals surface area contributed by atoms with Crippen LogP contribution in [0.25, 0.3) is 11.0 Å². The van der Waals surface area contributed by atoms with Crippen LogP contribution < -0.4 is 15.4 Å². The van der Waals surface area contributed by atoms with E-state index in [2.05, 4.69) is 41.6 Å². The van der Waals surface area contributed by atoms with Crippen LogP contribution in [0.4, 0.5) is 11.6 Å². The molecule has 0 bridgehead atoms. The molecule has 1 amide bonds. The topological polar surface area (TPSA) is 81.1 Å². The van der Waals surface area contributed by atoms with Crippen molar-refractivity contribution < 1.29 is 9.53 Å². The summed E-state index contributed by atoms with van der Waals surface area (Å²) in [4.78, 5) is 20.5. The van der Waals surface area contributed by atoms with Gasteiger partial charge in [0.2, 0.25) is 5.95 Å². The molecular weight excluding hydrogens is 378 g/mol. The van der Waals surface area contributed by atoms with Crippen LogP contribution in [0.2, 0.25) is 0 Å². The number of anilines is 2. The molecule has 2 N–H and O–H groups in total. The van der Waals surface area contributed by atoms with Gasteiger partial charge in [-0.25, -0.2) is 4.98 Å². The Hall–Kier alpha value is -3.87. The molecule has 0 atom stereocenters. The number of imidazole rings is 1. The van der Waals surface area contributed by atoms with Crippen LogP contribution in [0.15, 0.2) is 54.7 Å². The molecule has 0 fully saturated rings. The number of amides is 1. The quantitative estimate of drug-likeness (QED) is 0.515. The van der Waals surface area contributed by atoms with E-state index in [9.17, 15) is 4.79 Å². The Morgan fingerprint density at radius 2 is 1.80 bits per heavy atom. The van der Waals surface area contributed by atoms with Crippen LogP contribution in [-0.2, 0) is 7.05 Å². The molecule has 152 valence electrons. The number of pyridine rings is 1. The smallest absolute Gasteiger partial charge is 0.269 e. The van der Waals surface area contributed by atoms with E-state index in [0.717, 1.165) is 22.7 Å². The van der Waals surface area contributed by atoms with Gasteiger partial charge in [-0.1, -0.05) is 6.07 Å². The number of rotatable bonds is 5. The molecule has 0 aliphatic rings. The Bertz CT molecular complexity index is 1250. The van der Waals surface area contributed by atoms with Crippen LogP contribution in [-0.4, -0.2) is 27.5 Å². The fourth-order valence-electron chi connectivity index (χ4n) is 3.17. The standard InChI is InChI=1S/C23H23N5O2/c1-14-5-6-16(11-15(14)2)26-23-27-19-12-17(7-8-21(19)28(23)4)30-18-9-10-25-20(13-18)22(29)24-3/h5-13H,1-4H3,(H,24,29)(H,26,27). The molecule has 0 saturated heterocycles. The van der Waals surface area contributed by atoms with Gasteiger partial charge in [-0.3, -0.25) is 9.78 Å². The molecular formula is C23H23N5O2. The third-order valence-corrected chi connectivity index (χ3v) is 5.04. The number of fused-ring (bicyclic) bond motifs is 1. The number of carbonyl (C=O) groups is 1. The van der Waals surface area contributed by atoms with E-state index in [-0.39, 0.29) is 5.91 Å². The lowest BCUT2D eigenvalue weighted by Gasteiger charge is -2.08. The predicted molar refractivity (Wildman–Crippen MR) is 118 cm³/mol. The van der Waals surface area contributed by atoms with Gasteiger partial charge in [0.25, 0.3) is 5.91 Å². The highest BCUT2D eigenvalue weighted by molar-refractivity contribution is 5.92. The number of ether oxygens (including phenoxy) is 1. The maximum Gasteiger partial charge on any atom is 0.269 e. The van der Waals surface area contributed by atoms with Crippen LogP contribution >= 0.6 is 0 Å². The van der Waals surface area contributed by atoms with Crippen molar-refractivity contribution in [3.8, 4) is 11.5 Å². The normalized spacial score (nSPS) is 10.8. The second-order valence-electron chi connectivity index (χ2n) is 7.13. The molecule has 0 saturated carbocycles. The lowest BCUT2D eigenvalue weighted by atomic mass is 10.1. The summed E-state index contributed by atoms with van der Waals surface area (Å²) in [6.07, 6.45) is 1.55. The Balaban J connectivity index is 1.60. The molecule has 0 aliphatic carbocycles. The maximum atomic E-state index is 11.8. The third-order valence-electron chi connectivity index (χ3n) is 5.04. The number of aryl methyl sites for hydroxylation is 3. The Kier molecular flexibility index (Phi) is 5.10. The van der Waals surface area contributed by atoms with Gasteiger partial charge in [0, 0.05) is 38.1 Å². The van der Waals surface area contributed by atoms with Crippen molar-refractivity contribution in [3.63, 3.8) is 0 Å². The lowest BCUT2D eigenvalue weighted by molar-refractivity contribution is 0.0958. The predicted octanol–water partition coefficient (Wildman–Crippen LogP) is 4.48. The highest BCUT2D eigenvalue weighted by Crippen LogP contribution is 2.28. The summed E-state index contributed by atoms with van der Waals surface area (Å²) in [7, 11) is 3.54. The first kappa shape index (κ1) is 19.4. The van der Waals surface area contributed by atoms with E-state index in [4.69, 9.17) is 9.72 Å². The van der Waals surface area contributed by atoms with Gasteiger partial charge in [0.05, 0.1) is 11.0 Å². The largest absolute Gasteiger partial charge is 0.457 e. The first-order valence-electron chi connectivity index (χ1n) is 9.61. The zero-order chi connectivity index (χ0) is 21.3. The molecule has 0 unspecified atom stereocenters. The van der Waals surface area contributed by atoms with E-state index in [1.807, 2.05) is 35.9 Å². The minimum atomic E-state index is -0.261. The minimum absolute atomic E-state index is 0.261. The second-order valence-corrected chi connectivity index (χ2v) is 7.13. The van der Waals surface area contributed by atoms with E-state index >= 15 is 0 Å². The molecule has 2 heterocycles. The average molecular weight is 401 g/mol. The maximum absolute atomic E-state index is 11.8. The SMILES string of the molecule is CNC(=O)c1cc(Oc2ccc3c(c2)nc(Nc2ccc(C)c(C)c2)n3C)ccn1. The molecule has 7 nitrogen and oxygen atoms in total. The van der Waals surface area contributed by atoms with Crippen molar-refractivity contribution in [1.29, 1.82) is 0 Å². The minimum Gasteiger partial charge on any atom is -0.457 e. The lowest BCUT2D eigenvalue weighted by Crippen LogP contribution is -2.18. The van der Waals surface area contributed by atoms with E-state index < -0.39 is 0 Å². The highest BCUT2D eigenvalue weighted by Gasteiger charge is 2.11. The van der Waals surface area contributed by atoms with Crippen LogP contribution in [0.3, 0.4) is 0 Å². The Morgan fingerprint density at radius 1 is 1.00 bits per heavy atom. The zero-order valence-corrected chi connectivity index (χ0v) is 17.4. The summed E-state index contributed by atoms with van der Waals surface area (Å²) in [6.45, 7) is 4.18. The molecule has 4 aromatic rings. The fraction of sp³-hybridized carbons (Fsp3) is 0.174. The van der Waals surface area contributed by atoms with E-state index in [0.29, 0.717) is 17.2 Å². The molecule has 7 heteroatoms. The summed E-state index contributed by atoms with van der Waals surface area (Å²) in [5.41, 5.74) is 5.56. The first-order valence-corrected chi connectivity index (χ1v) is 9.61. The number of nitrogens with zero attached hydrogens (tertiary/aromatic N) is 3. The molecule has 4 rings (SSSR count). The van der Waals surface area contributed by atoms with Crippen molar-refractivity contribution in [3.05, 3.63) is 71.5 Å². The van der Waals surface area contributed by atoms with Crippen LogP contribution in [0.1, 0.15) is 21.6 Å². The first-order chi connectivity index (χ1) is 14.4. The van der Waals surface area contributed by atoms with Gasteiger partial charge in [-0.15, -0.1) is 0 Å². The fourth-order valence-corrected chi connectivity index (χ4v) is 3.17. The molecule has 0 aliphatic heterocycles. The number of carbonyl (C=O) groups excluding carboxylic acids is 1. The number of benzene rings is 2. The summed E-state index contributed by atoms with van der Waals surface area (Å²) < 4.78 is 7.93. The molecule has 0 radical (unpaired) electrons. The number of nitrogens with one attached hydrogen (secondary N) is 2. The van der Waals surface area contributed by atoms with Crippen molar-refractivity contribution in [2.45, 2.75) is 13.8 Å². The Morgan fingerprint density at radius 3 is 2.57 bits per heavy atom. The summed E-state index contributed by atoms with van der Waals surface area (Å²) in [5.74, 6) is 1.65. The molecule has 0 spiro atoms. The summed E-state index contributed by atoms with van der Waals surface area (Å²) >= 11 is 0. The zero-order valence-electron chi connectivity index (χ0n) is 17.4. The Labute approximate surface area is 174 Å².